The first-order chi connectivity index (χ1) is 6.17. The van der Waals surface area contributed by atoms with Crippen molar-refractivity contribution in [2.75, 3.05) is 0 Å². The average molecular weight is 171 g/mol. The van der Waals surface area contributed by atoms with Gasteiger partial charge >= 0.3 is 5.82 Å². The number of nitrogens with zero attached hydrogens (tertiary/aromatic N) is 2. The minimum atomic E-state index is 0.125. The fourth-order valence-electron chi connectivity index (χ4n) is 1.17. The highest BCUT2D eigenvalue weighted by Gasteiger charge is 2.13. The lowest BCUT2D eigenvalue weighted by Crippen LogP contribution is -2.12. The Labute approximate surface area is 77.7 Å². The molecule has 0 saturated heterocycles. The van der Waals surface area contributed by atoms with Gasteiger partial charge in [-0.15, -0.1) is 0 Å². The molecule has 0 amide bonds. The van der Waals surface area contributed by atoms with Gasteiger partial charge in [0.05, 0.1) is 5.57 Å². The van der Waals surface area contributed by atoms with Crippen molar-refractivity contribution in [1.82, 2.24) is 5.32 Å². The van der Waals surface area contributed by atoms with Crippen molar-refractivity contribution < 1.29 is 0 Å². The molecule has 0 aromatic heterocycles. The molecule has 1 aliphatic rings. The first-order valence-electron chi connectivity index (χ1n) is 3.80. The van der Waals surface area contributed by atoms with E-state index in [0.29, 0.717) is 5.57 Å². The van der Waals surface area contributed by atoms with E-state index in [0.717, 1.165) is 11.4 Å². The number of rotatable bonds is 0. The van der Waals surface area contributed by atoms with Crippen molar-refractivity contribution in [1.29, 1.82) is 0 Å². The normalized spacial score (nSPS) is 14.6. The molecule has 0 saturated carbocycles. The molecule has 0 aromatic carbocycles. The van der Waals surface area contributed by atoms with Crippen LogP contribution in [0, 0.1) is 13.1 Å². The van der Waals surface area contributed by atoms with Crippen LogP contribution in [0.3, 0.4) is 0 Å². The first kappa shape index (κ1) is 9.09. The van der Waals surface area contributed by atoms with E-state index in [4.69, 9.17) is 13.1 Å². The Morgan fingerprint density at radius 3 is 2.00 bits per heavy atom. The Balaban J connectivity index is 3.21. The molecule has 0 atom stereocenters. The highest BCUT2D eigenvalue weighted by molar-refractivity contribution is 5.46. The third kappa shape index (κ3) is 1.98. The van der Waals surface area contributed by atoms with Crippen molar-refractivity contribution >= 4 is 0 Å². The van der Waals surface area contributed by atoms with Gasteiger partial charge in [0.25, 0.3) is 0 Å². The summed E-state index contributed by atoms with van der Waals surface area (Å²) in [6.07, 6.45) is 3.61. The summed E-state index contributed by atoms with van der Waals surface area (Å²) in [5.74, 6) is 0.125. The van der Waals surface area contributed by atoms with Gasteiger partial charge in [-0.3, -0.25) is 0 Å². The highest BCUT2D eigenvalue weighted by atomic mass is 14.9. The summed E-state index contributed by atoms with van der Waals surface area (Å²) in [6.45, 7) is 17.4. The molecular formula is C10H9N3. The molecule has 0 unspecified atom stereocenters. The number of nitrogens with one attached hydrogen (secondary N) is 1. The molecule has 0 radical (unpaired) electrons. The van der Waals surface area contributed by atoms with Crippen LogP contribution in [0.5, 0.6) is 0 Å². The standard InChI is InChI=1S/C10H9N3/c1-7-5-9(6-8(2)13-7)10(11-3)12-4/h5-6,13H,1-2H3. The van der Waals surface area contributed by atoms with Crippen molar-refractivity contribution in [3.8, 4) is 0 Å². The van der Waals surface area contributed by atoms with Crippen LogP contribution in [-0.2, 0) is 0 Å². The van der Waals surface area contributed by atoms with Crippen molar-refractivity contribution in [3.63, 3.8) is 0 Å². The van der Waals surface area contributed by atoms with Gasteiger partial charge in [-0.2, -0.15) is 9.69 Å². The molecule has 0 spiro atoms. The van der Waals surface area contributed by atoms with E-state index in [2.05, 4.69) is 15.0 Å². The Kier molecular flexibility index (Phi) is 2.52. The number of allylic oxidation sites excluding steroid dienone is 5. The fourth-order valence-corrected chi connectivity index (χ4v) is 1.17. The van der Waals surface area contributed by atoms with Crippen LogP contribution >= 0.6 is 0 Å². The summed E-state index contributed by atoms with van der Waals surface area (Å²) >= 11 is 0. The zero-order chi connectivity index (χ0) is 9.84. The van der Waals surface area contributed by atoms with E-state index in [1.807, 2.05) is 13.8 Å². The Morgan fingerprint density at radius 2 is 1.62 bits per heavy atom. The van der Waals surface area contributed by atoms with Gasteiger partial charge < -0.3 is 5.32 Å². The molecule has 64 valence electrons. The lowest BCUT2D eigenvalue weighted by atomic mass is 10.1. The van der Waals surface area contributed by atoms with E-state index in [-0.39, 0.29) is 5.82 Å². The summed E-state index contributed by atoms with van der Waals surface area (Å²) < 4.78 is 0. The summed E-state index contributed by atoms with van der Waals surface area (Å²) in [5, 5.41) is 3.09. The van der Waals surface area contributed by atoms with Crippen LogP contribution in [0.1, 0.15) is 13.8 Å². The van der Waals surface area contributed by atoms with Gasteiger partial charge in [0.1, 0.15) is 13.1 Å². The quantitative estimate of drug-likeness (QED) is 0.555. The molecule has 1 N–H and O–H groups in total. The van der Waals surface area contributed by atoms with Crippen molar-refractivity contribution in [3.05, 3.63) is 57.8 Å². The SMILES string of the molecule is [C-]#[N+]C([N+]#[C-])=C1C=C(C)NC(C)=C1. The number of dihydropyridines is 1. The molecule has 1 aliphatic heterocycles. The first-order valence-corrected chi connectivity index (χ1v) is 3.80. The summed E-state index contributed by atoms with van der Waals surface area (Å²) in [4.78, 5) is 6.32. The van der Waals surface area contributed by atoms with Crippen LogP contribution in [0.2, 0.25) is 0 Å². The molecule has 0 bridgehead atoms. The van der Waals surface area contributed by atoms with Gasteiger partial charge in [0.15, 0.2) is 0 Å². The van der Waals surface area contributed by atoms with Crippen LogP contribution in [0.4, 0.5) is 0 Å². The second-order valence-corrected chi connectivity index (χ2v) is 2.78. The largest absolute Gasteiger partial charge is 0.526 e. The lowest BCUT2D eigenvalue weighted by molar-refractivity contribution is 0.947. The van der Waals surface area contributed by atoms with E-state index >= 15 is 0 Å². The minimum Gasteiger partial charge on any atom is -0.363 e. The van der Waals surface area contributed by atoms with Crippen LogP contribution in [0.25, 0.3) is 9.69 Å². The molecule has 1 heterocycles. The Bertz CT molecular complexity index is 361. The molecule has 3 heteroatoms. The van der Waals surface area contributed by atoms with Gasteiger partial charge in [-0.25, -0.2) is 0 Å². The highest BCUT2D eigenvalue weighted by Crippen LogP contribution is 2.17. The van der Waals surface area contributed by atoms with Gasteiger partial charge in [-0.05, 0) is 26.0 Å². The smallest absolute Gasteiger partial charge is 0.363 e. The maximum absolute atomic E-state index is 6.80. The predicted molar refractivity (Wildman–Crippen MR) is 50.9 cm³/mol. The van der Waals surface area contributed by atoms with E-state index in [1.165, 1.54) is 0 Å². The van der Waals surface area contributed by atoms with Crippen molar-refractivity contribution in [2.24, 2.45) is 0 Å². The molecule has 0 aromatic rings. The van der Waals surface area contributed by atoms with Gasteiger partial charge in [0, 0.05) is 11.4 Å². The van der Waals surface area contributed by atoms with E-state index in [9.17, 15) is 0 Å². The fraction of sp³-hybridized carbons (Fsp3) is 0.200. The van der Waals surface area contributed by atoms with Crippen LogP contribution < -0.4 is 5.32 Å². The summed E-state index contributed by atoms with van der Waals surface area (Å²) in [5.41, 5.74) is 2.61. The molecule has 3 nitrogen and oxygen atoms in total. The molecule has 13 heavy (non-hydrogen) atoms. The molecule has 0 aliphatic carbocycles. The maximum Gasteiger partial charge on any atom is 0.526 e. The van der Waals surface area contributed by atoms with E-state index in [1.54, 1.807) is 12.2 Å². The number of hydrogen-bond donors (Lipinski definition) is 1. The summed E-state index contributed by atoms with van der Waals surface area (Å²) in [7, 11) is 0. The third-order valence-electron chi connectivity index (χ3n) is 1.61. The molecular weight excluding hydrogens is 162 g/mol. The topological polar surface area (TPSA) is 20.8 Å². The Morgan fingerprint density at radius 1 is 1.15 bits per heavy atom. The second kappa shape index (κ2) is 3.60. The second-order valence-electron chi connectivity index (χ2n) is 2.78. The van der Waals surface area contributed by atoms with Gasteiger partial charge in [0.2, 0.25) is 0 Å². The molecule has 0 fully saturated rings. The molecule has 1 rings (SSSR count). The maximum atomic E-state index is 6.80. The lowest BCUT2D eigenvalue weighted by Gasteiger charge is -2.11. The van der Waals surface area contributed by atoms with E-state index < -0.39 is 0 Å². The minimum absolute atomic E-state index is 0.125. The van der Waals surface area contributed by atoms with Crippen LogP contribution in [0.15, 0.2) is 34.9 Å². The third-order valence-corrected chi connectivity index (χ3v) is 1.61. The Hall–Kier alpha value is -2.00. The van der Waals surface area contributed by atoms with Crippen molar-refractivity contribution in [2.45, 2.75) is 13.8 Å². The zero-order valence-corrected chi connectivity index (χ0v) is 7.55. The van der Waals surface area contributed by atoms with Crippen LogP contribution in [-0.4, -0.2) is 0 Å². The number of hydrogen-bond acceptors (Lipinski definition) is 1. The van der Waals surface area contributed by atoms with Gasteiger partial charge in [-0.1, -0.05) is 0 Å². The zero-order valence-electron chi connectivity index (χ0n) is 7.55. The monoisotopic (exact) mass is 171 g/mol. The summed E-state index contributed by atoms with van der Waals surface area (Å²) in [6, 6.07) is 0. The predicted octanol–water partition coefficient (Wildman–Crippen LogP) is 2.45. The average Bonchev–Trinajstić information content (AvgIpc) is 2.04.